The molecule has 11 rings (SSSR count). The summed E-state index contributed by atoms with van der Waals surface area (Å²) in [4.78, 5) is 5.17. The normalized spacial score (nSPS) is 23.2. The van der Waals surface area contributed by atoms with Gasteiger partial charge in [0, 0.05) is 28.5 Å². The van der Waals surface area contributed by atoms with Crippen LogP contribution in [0, 0.1) is 11.8 Å². The van der Waals surface area contributed by atoms with Gasteiger partial charge in [0.1, 0.15) is 5.82 Å². The van der Waals surface area contributed by atoms with E-state index in [1.54, 1.807) is 0 Å². The van der Waals surface area contributed by atoms with E-state index in [1.807, 2.05) is 0 Å². The summed E-state index contributed by atoms with van der Waals surface area (Å²) in [7, 11) is 0. The summed E-state index contributed by atoms with van der Waals surface area (Å²) >= 11 is 0. The molecule has 2 heteroatoms. The van der Waals surface area contributed by atoms with Crippen LogP contribution in [0.4, 0.5) is 0 Å². The maximum atomic E-state index is 5.17. The highest BCUT2D eigenvalue weighted by atomic mass is 15.1. The second kappa shape index (κ2) is 15.1. The summed E-state index contributed by atoms with van der Waals surface area (Å²) in [5.41, 5.74) is 16.7. The lowest BCUT2D eigenvalue weighted by atomic mass is 9.53. The number of aromatic nitrogens is 2. The number of fused-ring (bicyclic) bond motifs is 3. The molecule has 7 aromatic rings. The zero-order chi connectivity index (χ0) is 40.0. The molecule has 0 spiro atoms. The summed E-state index contributed by atoms with van der Waals surface area (Å²) in [6.07, 6.45) is 22.6. The lowest BCUT2D eigenvalue weighted by Crippen LogP contribution is -2.42. The minimum Gasteiger partial charge on any atom is -0.292 e. The van der Waals surface area contributed by atoms with Crippen LogP contribution in [0.15, 0.2) is 224 Å². The molecular formula is C58H48N2. The quantitative estimate of drug-likeness (QED) is 0.148. The van der Waals surface area contributed by atoms with Crippen molar-refractivity contribution < 1.29 is 0 Å². The molecule has 0 amide bonds. The van der Waals surface area contributed by atoms with Crippen LogP contribution in [0.1, 0.15) is 65.8 Å². The molecule has 0 saturated heterocycles. The van der Waals surface area contributed by atoms with E-state index in [0.717, 1.165) is 47.4 Å². The first-order chi connectivity index (χ1) is 29.7. The Morgan fingerprint density at radius 3 is 2.02 bits per heavy atom. The van der Waals surface area contributed by atoms with Crippen LogP contribution >= 0.6 is 0 Å². The van der Waals surface area contributed by atoms with Gasteiger partial charge in [-0.15, -0.1) is 0 Å². The fraction of sp³-hybridized carbons (Fsp3) is 0.155. The molecule has 0 N–H and O–H groups in total. The van der Waals surface area contributed by atoms with E-state index < -0.39 is 0 Å². The molecule has 1 heterocycles. The van der Waals surface area contributed by atoms with Crippen LogP contribution in [0.3, 0.4) is 0 Å². The fourth-order valence-corrected chi connectivity index (χ4v) is 11.0. The van der Waals surface area contributed by atoms with E-state index in [1.165, 1.54) is 50.1 Å². The molecule has 0 saturated carbocycles. The predicted octanol–water partition coefficient (Wildman–Crippen LogP) is 14.4. The highest BCUT2D eigenvalue weighted by Gasteiger charge is 2.49. The minimum atomic E-state index is -0.288. The number of allylic oxidation sites excluding steroid dienone is 12. The molecule has 5 unspecified atom stereocenters. The lowest BCUT2D eigenvalue weighted by molar-refractivity contribution is 0.414. The number of imidazole rings is 1. The first-order valence-corrected chi connectivity index (χ1v) is 21.7. The van der Waals surface area contributed by atoms with Crippen LogP contribution < -0.4 is 0 Å². The number of hydrogen-bond donors (Lipinski definition) is 0. The van der Waals surface area contributed by atoms with Crippen molar-refractivity contribution >= 4 is 22.2 Å². The molecule has 4 aliphatic rings. The molecule has 0 radical (unpaired) electrons. The first kappa shape index (κ1) is 36.3. The smallest absolute Gasteiger partial charge is 0.145 e. The maximum absolute atomic E-state index is 5.17. The monoisotopic (exact) mass is 772 g/mol. The molecule has 5 atom stereocenters. The number of benzene rings is 6. The van der Waals surface area contributed by atoms with Gasteiger partial charge in [-0.2, -0.15) is 0 Å². The van der Waals surface area contributed by atoms with E-state index in [-0.39, 0.29) is 17.3 Å². The van der Waals surface area contributed by atoms with Crippen LogP contribution in [-0.4, -0.2) is 9.55 Å². The van der Waals surface area contributed by atoms with Crippen molar-refractivity contribution in [2.45, 2.75) is 43.4 Å². The van der Waals surface area contributed by atoms with Crippen LogP contribution in [0.5, 0.6) is 0 Å². The van der Waals surface area contributed by atoms with Gasteiger partial charge in [0.15, 0.2) is 0 Å². The topological polar surface area (TPSA) is 17.8 Å². The second-order valence-electron chi connectivity index (χ2n) is 17.0. The molecular weight excluding hydrogens is 725 g/mol. The lowest BCUT2D eigenvalue weighted by Gasteiger charge is -2.50. The van der Waals surface area contributed by atoms with Gasteiger partial charge >= 0.3 is 0 Å². The molecule has 0 bridgehead atoms. The molecule has 60 heavy (non-hydrogen) atoms. The molecule has 0 fully saturated rings. The third-order valence-electron chi connectivity index (χ3n) is 13.9. The molecule has 4 aliphatic carbocycles. The van der Waals surface area contributed by atoms with Crippen molar-refractivity contribution in [1.29, 1.82) is 0 Å². The van der Waals surface area contributed by atoms with Gasteiger partial charge in [-0.05, 0) is 99.9 Å². The number of hydrogen-bond acceptors (Lipinski definition) is 1. The average Bonchev–Trinajstić information content (AvgIpc) is 3.72. The van der Waals surface area contributed by atoms with Gasteiger partial charge in [0.2, 0.25) is 0 Å². The summed E-state index contributed by atoms with van der Waals surface area (Å²) in [5.74, 6) is 2.16. The van der Waals surface area contributed by atoms with Gasteiger partial charge in [0.25, 0.3) is 0 Å². The van der Waals surface area contributed by atoms with Gasteiger partial charge in [-0.3, -0.25) is 4.57 Å². The van der Waals surface area contributed by atoms with Crippen LogP contribution in [0.25, 0.3) is 39.3 Å². The Kier molecular flexibility index (Phi) is 9.15. The van der Waals surface area contributed by atoms with Crippen molar-refractivity contribution in [3.05, 3.63) is 251 Å². The highest BCUT2D eigenvalue weighted by Crippen LogP contribution is 2.60. The number of rotatable bonds is 7. The van der Waals surface area contributed by atoms with Crippen LogP contribution in [0.2, 0.25) is 0 Å². The molecule has 1 aromatic heterocycles. The Morgan fingerprint density at radius 1 is 0.583 bits per heavy atom. The second-order valence-corrected chi connectivity index (χ2v) is 17.0. The summed E-state index contributed by atoms with van der Waals surface area (Å²) in [6, 6.07) is 60.0. The molecule has 0 aliphatic heterocycles. The molecule has 290 valence electrons. The third-order valence-corrected chi connectivity index (χ3v) is 13.9. The van der Waals surface area contributed by atoms with E-state index >= 15 is 0 Å². The van der Waals surface area contributed by atoms with Crippen molar-refractivity contribution in [3.8, 4) is 17.1 Å². The average molecular weight is 773 g/mol. The largest absolute Gasteiger partial charge is 0.292 e. The Hall–Kier alpha value is -6.77. The third kappa shape index (κ3) is 6.04. The van der Waals surface area contributed by atoms with Gasteiger partial charge in [0.05, 0.1) is 11.0 Å². The van der Waals surface area contributed by atoms with Gasteiger partial charge in [-0.25, -0.2) is 4.98 Å². The van der Waals surface area contributed by atoms with Crippen molar-refractivity contribution in [2.24, 2.45) is 11.8 Å². The van der Waals surface area contributed by atoms with E-state index in [2.05, 4.69) is 224 Å². The number of nitrogens with zero attached hydrogens (tertiary/aromatic N) is 2. The Morgan fingerprint density at radius 2 is 1.23 bits per heavy atom. The van der Waals surface area contributed by atoms with E-state index in [4.69, 9.17) is 4.98 Å². The maximum Gasteiger partial charge on any atom is 0.145 e. The Labute approximate surface area is 354 Å². The first-order valence-electron chi connectivity index (χ1n) is 21.7. The van der Waals surface area contributed by atoms with Crippen molar-refractivity contribution in [3.63, 3.8) is 0 Å². The summed E-state index contributed by atoms with van der Waals surface area (Å²) < 4.78 is 2.28. The Bertz CT molecular complexity index is 2900. The zero-order valence-corrected chi connectivity index (χ0v) is 34.0. The van der Waals surface area contributed by atoms with Crippen molar-refractivity contribution in [2.75, 3.05) is 0 Å². The number of para-hydroxylation sites is 3. The standard InChI is InChI=1S/C58H48N2/c1-58(51-29-15-13-26-47(51)42-21-7-3-8-22-42)52-30-16-14-28-49(52)56(48-27-12-11-25-46(48)41-19-5-2-6-20-41)50-38-37-44(39-53(50)58)40-33-35-43(36-34-40)57-59-54-31-17-18-32-55(54)60(57)45-23-9-4-10-24-45/h2-24,28-39,46-48,53H,25-27H2,1H3. The van der Waals surface area contributed by atoms with E-state index in [9.17, 15) is 0 Å². The fourth-order valence-electron chi connectivity index (χ4n) is 11.0. The minimum absolute atomic E-state index is 0.135. The summed E-state index contributed by atoms with van der Waals surface area (Å²) in [6.45, 7) is 2.55. The summed E-state index contributed by atoms with van der Waals surface area (Å²) in [5, 5.41) is 0. The molecule has 6 aromatic carbocycles. The van der Waals surface area contributed by atoms with Gasteiger partial charge in [-0.1, -0.05) is 201 Å². The van der Waals surface area contributed by atoms with E-state index in [0.29, 0.717) is 11.8 Å². The molecule has 2 nitrogen and oxygen atoms in total. The predicted molar refractivity (Wildman–Crippen MR) is 250 cm³/mol. The van der Waals surface area contributed by atoms with Crippen molar-refractivity contribution in [1.82, 2.24) is 9.55 Å². The Balaban J connectivity index is 1.07. The highest BCUT2D eigenvalue weighted by molar-refractivity contribution is 5.88. The van der Waals surface area contributed by atoms with Crippen LogP contribution in [-0.2, 0) is 5.41 Å². The zero-order valence-electron chi connectivity index (χ0n) is 34.0. The SMILES string of the molecule is CC1(C2=CC=CCC2c2ccccc2)c2ccccc2C(C2CC=CCC2c2ccccc2)=C2C=CC(c3ccc(-c4nc5ccccc5n4-c4ccccc4)cc3)=CC21. The van der Waals surface area contributed by atoms with Gasteiger partial charge < -0.3 is 0 Å².